The summed E-state index contributed by atoms with van der Waals surface area (Å²) in [7, 11) is 0. The van der Waals surface area contributed by atoms with Crippen molar-refractivity contribution in [1.29, 1.82) is 0 Å². The first-order valence-electron chi connectivity index (χ1n) is 12.0. The normalized spacial score (nSPS) is 36.1. The molecule has 0 aliphatic carbocycles. The van der Waals surface area contributed by atoms with Gasteiger partial charge in [0.25, 0.3) is 0 Å². The lowest BCUT2D eigenvalue weighted by Gasteiger charge is -2.35. The minimum atomic E-state index is -1.20. The smallest absolute Gasteiger partial charge is 0.246 e. The molecule has 3 fully saturated rings. The number of benzene rings is 1. The van der Waals surface area contributed by atoms with Gasteiger partial charge < -0.3 is 25.0 Å². The minimum absolute atomic E-state index is 0.127. The number of ether oxygens (including phenoxy) is 2. The molecule has 3 saturated heterocycles. The molecule has 1 aromatic rings. The molecular formula is C26H33N3O5. The molecule has 8 heteroatoms. The maximum atomic E-state index is 13.9. The molecule has 4 heterocycles. The van der Waals surface area contributed by atoms with E-state index in [0.29, 0.717) is 18.8 Å². The lowest BCUT2D eigenvalue weighted by Crippen LogP contribution is -2.58. The monoisotopic (exact) mass is 467 g/mol. The first-order valence-corrected chi connectivity index (χ1v) is 12.0. The molecule has 0 aromatic heterocycles. The predicted molar refractivity (Wildman–Crippen MR) is 126 cm³/mol. The van der Waals surface area contributed by atoms with Crippen molar-refractivity contribution in [2.75, 3.05) is 18.5 Å². The highest BCUT2D eigenvalue weighted by molar-refractivity contribution is 6.03. The summed E-state index contributed by atoms with van der Waals surface area (Å²) < 4.78 is 12.3. The summed E-state index contributed by atoms with van der Waals surface area (Å²) in [6.45, 7) is 8.49. The maximum Gasteiger partial charge on any atom is 0.246 e. The average Bonchev–Trinajstić information content (AvgIpc) is 3.48. The second kappa shape index (κ2) is 7.92. The largest absolute Gasteiger partial charge is 0.376 e. The van der Waals surface area contributed by atoms with Crippen LogP contribution in [-0.4, -0.2) is 64.7 Å². The Morgan fingerprint density at radius 3 is 2.53 bits per heavy atom. The van der Waals surface area contributed by atoms with Crippen LogP contribution in [0.4, 0.5) is 5.69 Å². The van der Waals surface area contributed by atoms with Gasteiger partial charge in [-0.2, -0.15) is 0 Å². The van der Waals surface area contributed by atoms with Crippen LogP contribution < -0.4 is 10.6 Å². The molecule has 34 heavy (non-hydrogen) atoms. The summed E-state index contributed by atoms with van der Waals surface area (Å²) in [4.78, 5) is 42.7. The van der Waals surface area contributed by atoms with Gasteiger partial charge in [-0.15, -0.1) is 0 Å². The topological polar surface area (TPSA) is 97.0 Å². The molecule has 4 aliphatic heterocycles. The zero-order valence-electron chi connectivity index (χ0n) is 20.2. The van der Waals surface area contributed by atoms with E-state index in [1.165, 1.54) is 0 Å². The van der Waals surface area contributed by atoms with Crippen LogP contribution in [0.1, 0.15) is 40.5 Å². The van der Waals surface area contributed by atoms with E-state index in [1.807, 2.05) is 58.0 Å². The Balaban J connectivity index is 1.51. The molecule has 0 radical (unpaired) electrons. The SMILES string of the molecule is CC(C)(C)NC(=O)[C@@H]1N(C[C@@H]2CCCO2)C(=O)[C@H]2[C@@H](C(=O)Nc3ccccc3)[C@@]3(C)C=C[C@@]12O3. The maximum absolute atomic E-state index is 13.9. The Kier molecular flexibility index (Phi) is 5.37. The molecule has 4 aliphatic rings. The number of carbonyl (C=O) groups excluding carboxylic acids is 3. The standard InChI is InChI=1S/C26H33N3O5/c1-24(2,3)28-22(31)20-26-13-12-25(4,34-26)18(21(30)27-16-9-6-5-7-10-16)19(26)23(32)29(20)15-17-11-8-14-33-17/h5-7,9-10,12-13,17-20H,8,11,14-15H2,1-4H3,(H,27,30)(H,28,31)/t17-,18-,19+,20-,25+,26-/m0/s1. The number of carbonyl (C=O) groups is 3. The van der Waals surface area contributed by atoms with Crippen molar-refractivity contribution in [2.45, 2.75) is 69.4 Å². The third kappa shape index (κ3) is 3.64. The molecule has 2 bridgehead atoms. The third-order valence-corrected chi connectivity index (χ3v) is 7.29. The van der Waals surface area contributed by atoms with Crippen molar-refractivity contribution < 1.29 is 23.9 Å². The number of hydrogen-bond donors (Lipinski definition) is 2. The summed E-state index contributed by atoms with van der Waals surface area (Å²) in [5, 5.41) is 5.98. The van der Waals surface area contributed by atoms with E-state index in [-0.39, 0.29) is 23.8 Å². The van der Waals surface area contributed by atoms with Gasteiger partial charge in [0.2, 0.25) is 17.7 Å². The van der Waals surface area contributed by atoms with E-state index >= 15 is 0 Å². The van der Waals surface area contributed by atoms with Crippen LogP contribution in [0.15, 0.2) is 42.5 Å². The number of likely N-dealkylation sites (tertiary alicyclic amines) is 1. The summed E-state index contributed by atoms with van der Waals surface area (Å²) in [5.74, 6) is -2.34. The van der Waals surface area contributed by atoms with Crippen LogP contribution in [0.3, 0.4) is 0 Å². The molecular weight excluding hydrogens is 434 g/mol. The molecule has 1 aromatic carbocycles. The van der Waals surface area contributed by atoms with Crippen molar-refractivity contribution >= 4 is 23.4 Å². The minimum Gasteiger partial charge on any atom is -0.376 e. The summed E-state index contributed by atoms with van der Waals surface area (Å²) in [5.41, 5.74) is -2.01. The van der Waals surface area contributed by atoms with Gasteiger partial charge in [0.1, 0.15) is 11.6 Å². The van der Waals surface area contributed by atoms with Gasteiger partial charge in [-0.25, -0.2) is 0 Å². The zero-order chi connectivity index (χ0) is 24.3. The van der Waals surface area contributed by atoms with Crippen LogP contribution in [0, 0.1) is 11.8 Å². The summed E-state index contributed by atoms with van der Waals surface area (Å²) >= 11 is 0. The fourth-order valence-corrected chi connectivity index (χ4v) is 6.01. The fraction of sp³-hybridized carbons (Fsp3) is 0.577. The van der Waals surface area contributed by atoms with Crippen molar-refractivity contribution in [2.24, 2.45) is 11.8 Å². The molecule has 3 amide bonds. The van der Waals surface area contributed by atoms with Crippen LogP contribution >= 0.6 is 0 Å². The third-order valence-electron chi connectivity index (χ3n) is 7.29. The number of nitrogens with one attached hydrogen (secondary N) is 2. The lowest BCUT2D eigenvalue weighted by atomic mass is 9.70. The van der Waals surface area contributed by atoms with E-state index in [4.69, 9.17) is 9.47 Å². The Hall–Kier alpha value is -2.71. The molecule has 182 valence electrons. The van der Waals surface area contributed by atoms with E-state index < -0.39 is 34.6 Å². The number of anilines is 1. The quantitative estimate of drug-likeness (QED) is 0.648. The first kappa shape index (κ1) is 23.1. The Morgan fingerprint density at radius 2 is 1.88 bits per heavy atom. The molecule has 0 saturated carbocycles. The highest BCUT2D eigenvalue weighted by atomic mass is 16.5. The Bertz CT molecular complexity index is 1030. The number of amides is 3. The highest BCUT2D eigenvalue weighted by Crippen LogP contribution is 2.60. The lowest BCUT2D eigenvalue weighted by molar-refractivity contribution is -0.146. The second-order valence-corrected chi connectivity index (χ2v) is 11.1. The number of rotatable bonds is 5. The van der Waals surface area contributed by atoms with Crippen molar-refractivity contribution in [1.82, 2.24) is 10.2 Å². The van der Waals surface area contributed by atoms with E-state index in [9.17, 15) is 14.4 Å². The van der Waals surface area contributed by atoms with E-state index in [2.05, 4.69) is 10.6 Å². The summed E-state index contributed by atoms with van der Waals surface area (Å²) in [6.07, 6.45) is 5.32. The van der Waals surface area contributed by atoms with E-state index in [0.717, 1.165) is 12.8 Å². The van der Waals surface area contributed by atoms with Gasteiger partial charge >= 0.3 is 0 Å². The van der Waals surface area contributed by atoms with Gasteiger partial charge in [-0.1, -0.05) is 30.4 Å². The van der Waals surface area contributed by atoms with Crippen molar-refractivity contribution in [3.8, 4) is 0 Å². The summed E-state index contributed by atoms with van der Waals surface area (Å²) in [6, 6.07) is 8.29. The molecule has 1 spiro atoms. The molecule has 6 atom stereocenters. The number of para-hydroxylation sites is 1. The van der Waals surface area contributed by atoms with Gasteiger partial charge in [0, 0.05) is 24.4 Å². The predicted octanol–water partition coefficient (Wildman–Crippen LogP) is 2.26. The highest BCUT2D eigenvalue weighted by Gasteiger charge is 2.76. The van der Waals surface area contributed by atoms with Gasteiger partial charge in [-0.3, -0.25) is 14.4 Å². The van der Waals surface area contributed by atoms with Crippen molar-refractivity contribution in [3.63, 3.8) is 0 Å². The number of fused-ring (bicyclic) bond motifs is 1. The number of hydrogen-bond acceptors (Lipinski definition) is 5. The van der Waals surface area contributed by atoms with Crippen LogP contribution in [-0.2, 0) is 23.9 Å². The molecule has 0 unspecified atom stereocenters. The molecule has 5 rings (SSSR count). The van der Waals surface area contributed by atoms with E-state index in [1.54, 1.807) is 17.0 Å². The Morgan fingerprint density at radius 1 is 1.15 bits per heavy atom. The van der Waals surface area contributed by atoms with Crippen molar-refractivity contribution in [3.05, 3.63) is 42.5 Å². The Labute approximate surface area is 200 Å². The fourth-order valence-electron chi connectivity index (χ4n) is 6.01. The van der Waals surface area contributed by atoms with Crippen LogP contribution in [0.5, 0.6) is 0 Å². The van der Waals surface area contributed by atoms with Gasteiger partial charge in [-0.05, 0) is 52.7 Å². The van der Waals surface area contributed by atoms with Crippen LogP contribution in [0.25, 0.3) is 0 Å². The first-order chi connectivity index (χ1) is 16.0. The van der Waals surface area contributed by atoms with Gasteiger partial charge in [0.05, 0.1) is 23.5 Å². The molecule has 2 N–H and O–H groups in total. The average molecular weight is 468 g/mol. The second-order valence-electron chi connectivity index (χ2n) is 11.1. The zero-order valence-corrected chi connectivity index (χ0v) is 20.2. The van der Waals surface area contributed by atoms with Crippen LogP contribution in [0.2, 0.25) is 0 Å². The van der Waals surface area contributed by atoms with Gasteiger partial charge in [0.15, 0.2) is 0 Å². The number of nitrogens with zero attached hydrogens (tertiary/aromatic N) is 1. The molecule has 8 nitrogen and oxygen atoms in total.